The van der Waals surface area contributed by atoms with Gasteiger partial charge in [0, 0.05) is 16.3 Å². The predicted molar refractivity (Wildman–Crippen MR) is 74.9 cm³/mol. The summed E-state index contributed by atoms with van der Waals surface area (Å²) >= 11 is 7.79. The zero-order valence-corrected chi connectivity index (χ0v) is 11.5. The Morgan fingerprint density at radius 1 is 1.41 bits per heavy atom. The van der Waals surface area contributed by atoms with E-state index in [0.717, 1.165) is 23.6 Å². The van der Waals surface area contributed by atoms with Crippen LogP contribution in [0.4, 0.5) is 5.13 Å². The molecule has 2 nitrogen and oxygen atoms in total. The molecule has 0 aliphatic heterocycles. The van der Waals surface area contributed by atoms with Crippen LogP contribution in [0.3, 0.4) is 0 Å². The maximum atomic E-state index is 6.23. The molecule has 1 aromatic carbocycles. The zero-order valence-electron chi connectivity index (χ0n) is 9.96. The molecule has 0 spiro atoms. The number of nitrogen functional groups attached to an aromatic ring is 1. The van der Waals surface area contributed by atoms with Crippen molar-refractivity contribution in [2.75, 3.05) is 5.73 Å². The molecule has 17 heavy (non-hydrogen) atoms. The predicted octanol–water partition coefficient (Wildman–Crippen LogP) is 3.84. The van der Waals surface area contributed by atoms with Gasteiger partial charge in [-0.3, -0.25) is 0 Å². The first kappa shape index (κ1) is 12.4. The first-order valence-electron chi connectivity index (χ1n) is 5.59. The fourth-order valence-corrected chi connectivity index (χ4v) is 3.09. The lowest BCUT2D eigenvalue weighted by molar-refractivity contribution is 1.02. The van der Waals surface area contributed by atoms with Crippen LogP contribution < -0.4 is 5.73 Å². The molecule has 0 radical (unpaired) electrons. The smallest absolute Gasteiger partial charge is 0.180 e. The third-order valence-corrected chi connectivity index (χ3v) is 4.10. The van der Waals surface area contributed by atoms with Crippen molar-refractivity contribution < 1.29 is 0 Å². The van der Waals surface area contributed by atoms with Gasteiger partial charge in [-0.1, -0.05) is 30.7 Å². The third kappa shape index (κ3) is 2.61. The van der Waals surface area contributed by atoms with Crippen molar-refractivity contribution in [3.05, 3.63) is 44.9 Å². The van der Waals surface area contributed by atoms with Crippen LogP contribution in [-0.4, -0.2) is 4.98 Å². The van der Waals surface area contributed by atoms with E-state index in [4.69, 9.17) is 17.3 Å². The highest BCUT2D eigenvalue weighted by Gasteiger charge is 2.11. The summed E-state index contributed by atoms with van der Waals surface area (Å²) in [5.41, 5.74) is 9.24. The van der Waals surface area contributed by atoms with Crippen molar-refractivity contribution in [3.8, 4) is 0 Å². The Balaban J connectivity index is 2.37. The van der Waals surface area contributed by atoms with Crippen LogP contribution in [0, 0.1) is 6.92 Å². The number of hydrogen-bond acceptors (Lipinski definition) is 3. The summed E-state index contributed by atoms with van der Waals surface area (Å²) in [6, 6.07) is 5.99. The van der Waals surface area contributed by atoms with Gasteiger partial charge in [-0.05, 0) is 30.5 Å². The van der Waals surface area contributed by atoms with Crippen molar-refractivity contribution >= 4 is 28.1 Å². The maximum absolute atomic E-state index is 6.23. The molecule has 0 aliphatic rings. The van der Waals surface area contributed by atoms with E-state index in [1.54, 1.807) is 11.3 Å². The average Bonchev–Trinajstić information content (AvgIpc) is 2.64. The molecule has 0 bridgehead atoms. The molecule has 0 fully saturated rings. The molecule has 0 atom stereocenters. The molecule has 0 aliphatic carbocycles. The molecule has 0 saturated carbocycles. The third-order valence-electron chi connectivity index (χ3n) is 2.82. The van der Waals surface area contributed by atoms with Crippen molar-refractivity contribution in [2.45, 2.75) is 26.7 Å². The highest BCUT2D eigenvalue weighted by Crippen LogP contribution is 2.28. The van der Waals surface area contributed by atoms with Gasteiger partial charge in [0.25, 0.3) is 0 Å². The summed E-state index contributed by atoms with van der Waals surface area (Å²) < 4.78 is 0. The van der Waals surface area contributed by atoms with Gasteiger partial charge in [-0.25, -0.2) is 4.98 Å². The molecule has 1 heterocycles. The molecular weight excluding hydrogens is 252 g/mol. The monoisotopic (exact) mass is 266 g/mol. The number of benzene rings is 1. The van der Waals surface area contributed by atoms with E-state index in [1.165, 1.54) is 16.0 Å². The maximum Gasteiger partial charge on any atom is 0.180 e. The summed E-state index contributed by atoms with van der Waals surface area (Å²) in [6.45, 7) is 4.18. The Bertz CT molecular complexity index is 514. The van der Waals surface area contributed by atoms with Crippen LogP contribution >= 0.6 is 22.9 Å². The molecule has 2 N–H and O–H groups in total. The molecule has 1 aromatic heterocycles. The van der Waals surface area contributed by atoms with Gasteiger partial charge in [-0.2, -0.15) is 0 Å². The largest absolute Gasteiger partial charge is 0.375 e. The lowest BCUT2D eigenvalue weighted by atomic mass is 10.0. The summed E-state index contributed by atoms with van der Waals surface area (Å²) in [7, 11) is 0. The fraction of sp³-hybridized carbons (Fsp3) is 0.308. The van der Waals surface area contributed by atoms with Crippen LogP contribution in [0.5, 0.6) is 0 Å². The molecule has 2 rings (SSSR count). The second-order valence-electron chi connectivity index (χ2n) is 3.99. The van der Waals surface area contributed by atoms with Gasteiger partial charge in [0.2, 0.25) is 0 Å². The minimum atomic E-state index is 0.640. The van der Waals surface area contributed by atoms with Crippen LogP contribution in [-0.2, 0) is 12.8 Å². The minimum absolute atomic E-state index is 0.640. The number of nitrogens with zero attached hydrogens (tertiary/aromatic N) is 1. The van der Waals surface area contributed by atoms with E-state index in [-0.39, 0.29) is 0 Å². The summed E-state index contributed by atoms with van der Waals surface area (Å²) in [6.07, 6.45) is 1.73. The molecule has 2 aromatic rings. The number of aromatic nitrogens is 1. The molecule has 90 valence electrons. The van der Waals surface area contributed by atoms with Crippen molar-refractivity contribution in [2.24, 2.45) is 0 Å². The highest BCUT2D eigenvalue weighted by atomic mass is 35.5. The normalized spacial score (nSPS) is 10.8. The summed E-state index contributed by atoms with van der Waals surface area (Å²) in [5, 5.41) is 1.46. The van der Waals surface area contributed by atoms with Crippen molar-refractivity contribution in [1.82, 2.24) is 4.98 Å². The van der Waals surface area contributed by atoms with Crippen molar-refractivity contribution in [3.63, 3.8) is 0 Å². The summed E-state index contributed by atoms with van der Waals surface area (Å²) in [4.78, 5) is 5.56. The number of hydrogen-bond donors (Lipinski definition) is 1. The van der Waals surface area contributed by atoms with Crippen LogP contribution in [0.1, 0.15) is 28.6 Å². The second-order valence-corrected chi connectivity index (χ2v) is 5.51. The Kier molecular flexibility index (Phi) is 3.69. The number of aryl methyl sites for hydroxylation is 2. The number of anilines is 1. The van der Waals surface area contributed by atoms with Gasteiger partial charge in [0.05, 0.1) is 5.69 Å². The number of nitrogens with two attached hydrogens (primary N) is 1. The van der Waals surface area contributed by atoms with E-state index in [9.17, 15) is 0 Å². The Hall–Kier alpha value is -1.06. The topological polar surface area (TPSA) is 38.9 Å². The van der Waals surface area contributed by atoms with E-state index >= 15 is 0 Å². The molecule has 0 amide bonds. The Morgan fingerprint density at radius 2 is 2.18 bits per heavy atom. The zero-order chi connectivity index (χ0) is 12.4. The van der Waals surface area contributed by atoms with Gasteiger partial charge in [-0.15, -0.1) is 11.3 Å². The van der Waals surface area contributed by atoms with Crippen LogP contribution in [0.15, 0.2) is 18.2 Å². The van der Waals surface area contributed by atoms with E-state index < -0.39 is 0 Å². The number of rotatable bonds is 3. The lowest BCUT2D eigenvalue weighted by Crippen LogP contribution is -1.94. The lowest BCUT2D eigenvalue weighted by Gasteiger charge is -2.07. The van der Waals surface area contributed by atoms with Gasteiger partial charge in [0.1, 0.15) is 0 Å². The van der Waals surface area contributed by atoms with Gasteiger partial charge in [0.15, 0.2) is 5.13 Å². The van der Waals surface area contributed by atoms with Gasteiger partial charge >= 0.3 is 0 Å². The SMILES string of the molecule is CCc1nc(N)sc1Cc1c(C)cccc1Cl. The molecule has 0 saturated heterocycles. The van der Waals surface area contributed by atoms with Crippen LogP contribution in [0.2, 0.25) is 5.02 Å². The highest BCUT2D eigenvalue weighted by molar-refractivity contribution is 7.15. The van der Waals surface area contributed by atoms with Crippen molar-refractivity contribution in [1.29, 1.82) is 0 Å². The van der Waals surface area contributed by atoms with E-state index in [1.807, 2.05) is 12.1 Å². The second kappa shape index (κ2) is 5.07. The standard InChI is InChI=1S/C13H15ClN2S/c1-3-11-12(17-13(15)16-11)7-9-8(2)5-4-6-10(9)14/h4-6H,3,7H2,1-2H3,(H2,15,16). The molecular formula is C13H15ClN2S. The molecule has 0 unspecified atom stereocenters. The minimum Gasteiger partial charge on any atom is -0.375 e. The average molecular weight is 267 g/mol. The Morgan fingerprint density at radius 3 is 2.82 bits per heavy atom. The quantitative estimate of drug-likeness (QED) is 0.917. The summed E-state index contributed by atoms with van der Waals surface area (Å²) in [5.74, 6) is 0. The first-order chi connectivity index (χ1) is 8.11. The first-order valence-corrected chi connectivity index (χ1v) is 6.79. The van der Waals surface area contributed by atoms with E-state index in [0.29, 0.717) is 5.13 Å². The molecule has 4 heteroatoms. The Labute approximate surface area is 110 Å². The fourth-order valence-electron chi connectivity index (χ4n) is 1.87. The van der Waals surface area contributed by atoms with Gasteiger partial charge < -0.3 is 5.73 Å². The van der Waals surface area contributed by atoms with E-state index in [2.05, 4.69) is 24.9 Å². The van der Waals surface area contributed by atoms with Crippen LogP contribution in [0.25, 0.3) is 0 Å². The number of halogens is 1. The number of thiazole rings is 1.